The second kappa shape index (κ2) is 4.85. The van der Waals surface area contributed by atoms with E-state index in [0.717, 1.165) is 43.9 Å². The zero-order valence-corrected chi connectivity index (χ0v) is 14.1. The lowest BCUT2D eigenvalue weighted by Gasteiger charge is -2.57. The summed E-state index contributed by atoms with van der Waals surface area (Å²) in [6.07, 6.45) is 5.34. The number of rotatable bonds is 3. The van der Waals surface area contributed by atoms with Crippen LogP contribution in [-0.4, -0.2) is 43.0 Å². The van der Waals surface area contributed by atoms with Crippen molar-refractivity contribution in [2.75, 3.05) is 20.2 Å². The number of nitrogens with zero attached hydrogens (tertiary/aromatic N) is 1. The van der Waals surface area contributed by atoms with Crippen molar-refractivity contribution in [1.29, 1.82) is 0 Å². The molecule has 126 valence electrons. The summed E-state index contributed by atoms with van der Waals surface area (Å²) in [5.74, 6) is 2.38. The zero-order valence-electron chi connectivity index (χ0n) is 14.1. The van der Waals surface area contributed by atoms with E-state index in [0.29, 0.717) is 18.4 Å². The van der Waals surface area contributed by atoms with Gasteiger partial charge in [-0.25, -0.2) is 0 Å². The number of hydrogen-bond donors (Lipinski definition) is 0. The van der Waals surface area contributed by atoms with Gasteiger partial charge in [0, 0.05) is 30.0 Å². The summed E-state index contributed by atoms with van der Waals surface area (Å²) < 4.78 is 11.8. The number of Topliss-reactive ketones (excluding diaryl/α,β-unsaturated/α-hetero) is 1. The summed E-state index contributed by atoms with van der Waals surface area (Å²) >= 11 is 0. The van der Waals surface area contributed by atoms with Crippen LogP contribution in [-0.2, 0) is 16.6 Å². The molecule has 2 heterocycles. The van der Waals surface area contributed by atoms with Crippen LogP contribution in [0.15, 0.2) is 24.8 Å². The minimum Gasteiger partial charge on any atom is -0.493 e. The van der Waals surface area contributed by atoms with E-state index in [-0.39, 0.29) is 17.3 Å². The van der Waals surface area contributed by atoms with E-state index < -0.39 is 0 Å². The van der Waals surface area contributed by atoms with Gasteiger partial charge in [0.25, 0.3) is 0 Å². The minimum atomic E-state index is -0.310. The smallest absolute Gasteiger partial charge is 0.174 e. The summed E-state index contributed by atoms with van der Waals surface area (Å²) in [4.78, 5) is 15.3. The highest BCUT2D eigenvalue weighted by Gasteiger charge is 2.65. The summed E-state index contributed by atoms with van der Waals surface area (Å²) in [5.41, 5.74) is 2.51. The Bertz CT molecular complexity index is 743. The van der Waals surface area contributed by atoms with Crippen LogP contribution in [0, 0.1) is 5.92 Å². The Balaban J connectivity index is 1.74. The molecule has 2 fully saturated rings. The number of carbonyl (C=O) groups is 1. The summed E-state index contributed by atoms with van der Waals surface area (Å²) in [7, 11) is 1.68. The molecule has 2 aliphatic heterocycles. The van der Waals surface area contributed by atoms with Gasteiger partial charge in [-0.2, -0.15) is 0 Å². The number of hydrogen-bond acceptors (Lipinski definition) is 4. The second-order valence-electron chi connectivity index (χ2n) is 7.59. The fraction of sp³-hybridized carbons (Fsp3) is 0.550. The molecule has 1 saturated carbocycles. The standard InChI is InChI=1S/C20H23NO3/c1-3-9-21-10-8-20-13-5-6-15(22)19(20)24-18-16(23-2)7-4-12(17(18)20)11-14(13)21/h3-4,7,13-14,19H,1,5-6,8-11H2,2H3/t13-,14?,19?,20-/m1/s1. The monoisotopic (exact) mass is 325 g/mol. The predicted molar refractivity (Wildman–Crippen MR) is 90.7 cm³/mol. The lowest BCUT2D eigenvalue weighted by atomic mass is 9.51. The molecule has 4 aliphatic rings. The SMILES string of the molecule is C=CCN1CC[C@@]23c4c5ccc(OC)c4OC2C(=O)CC[C@@H]3C1C5. The average molecular weight is 325 g/mol. The van der Waals surface area contributed by atoms with Crippen molar-refractivity contribution in [3.05, 3.63) is 35.9 Å². The van der Waals surface area contributed by atoms with Gasteiger partial charge in [0.2, 0.25) is 0 Å². The van der Waals surface area contributed by atoms with Gasteiger partial charge in [0.15, 0.2) is 23.4 Å². The van der Waals surface area contributed by atoms with Gasteiger partial charge in [-0.15, -0.1) is 6.58 Å². The summed E-state index contributed by atoms with van der Waals surface area (Å²) in [6, 6.07) is 4.67. The van der Waals surface area contributed by atoms with Crippen molar-refractivity contribution in [2.45, 2.75) is 43.2 Å². The molecule has 4 nitrogen and oxygen atoms in total. The maximum absolute atomic E-state index is 12.7. The molecule has 2 aliphatic carbocycles. The van der Waals surface area contributed by atoms with Gasteiger partial charge in [0.05, 0.1) is 7.11 Å². The third kappa shape index (κ3) is 1.55. The predicted octanol–water partition coefficient (Wildman–Crippen LogP) is 2.49. The van der Waals surface area contributed by atoms with Crippen molar-refractivity contribution >= 4 is 5.78 Å². The van der Waals surface area contributed by atoms with Crippen molar-refractivity contribution in [3.63, 3.8) is 0 Å². The van der Waals surface area contributed by atoms with Crippen molar-refractivity contribution in [2.24, 2.45) is 5.92 Å². The highest BCUT2D eigenvalue weighted by molar-refractivity contribution is 5.89. The van der Waals surface area contributed by atoms with Crippen molar-refractivity contribution in [1.82, 2.24) is 4.90 Å². The third-order valence-electron chi connectivity index (χ3n) is 6.79. The quantitative estimate of drug-likeness (QED) is 0.801. The molecule has 5 rings (SSSR count). The fourth-order valence-corrected chi connectivity index (χ4v) is 5.95. The molecular formula is C20H23NO3. The van der Waals surface area contributed by atoms with Gasteiger partial charge < -0.3 is 9.47 Å². The van der Waals surface area contributed by atoms with Crippen LogP contribution in [0.1, 0.15) is 30.4 Å². The Hall–Kier alpha value is -1.81. The van der Waals surface area contributed by atoms with Crippen LogP contribution < -0.4 is 9.47 Å². The Morgan fingerprint density at radius 1 is 1.50 bits per heavy atom. The molecule has 0 radical (unpaired) electrons. The first-order valence-electron chi connectivity index (χ1n) is 8.95. The first-order valence-corrected chi connectivity index (χ1v) is 8.95. The number of ether oxygens (including phenoxy) is 2. The molecule has 0 amide bonds. The summed E-state index contributed by atoms with van der Waals surface area (Å²) in [5, 5.41) is 0. The van der Waals surface area contributed by atoms with E-state index >= 15 is 0 Å². The molecule has 1 saturated heterocycles. The van der Waals surface area contributed by atoms with Gasteiger partial charge >= 0.3 is 0 Å². The van der Waals surface area contributed by atoms with Crippen molar-refractivity contribution < 1.29 is 14.3 Å². The molecular weight excluding hydrogens is 302 g/mol. The number of benzene rings is 1. The Kier molecular flexibility index (Phi) is 2.94. The molecule has 2 bridgehead atoms. The average Bonchev–Trinajstić information content (AvgIpc) is 2.94. The lowest BCUT2D eigenvalue weighted by Crippen LogP contribution is -2.66. The Morgan fingerprint density at radius 3 is 3.17 bits per heavy atom. The number of piperidine rings is 1. The Morgan fingerprint density at radius 2 is 2.38 bits per heavy atom. The van der Waals surface area contributed by atoms with Crippen LogP contribution in [0.4, 0.5) is 0 Å². The van der Waals surface area contributed by atoms with Crippen LogP contribution >= 0.6 is 0 Å². The third-order valence-corrected chi connectivity index (χ3v) is 6.79. The molecule has 0 N–H and O–H groups in total. The van der Waals surface area contributed by atoms with Crippen LogP contribution in [0.2, 0.25) is 0 Å². The topological polar surface area (TPSA) is 38.8 Å². The summed E-state index contributed by atoms with van der Waals surface area (Å²) in [6.45, 7) is 5.87. The Labute approximate surface area is 142 Å². The zero-order chi connectivity index (χ0) is 16.5. The maximum atomic E-state index is 12.7. The van der Waals surface area contributed by atoms with Crippen LogP contribution in [0.3, 0.4) is 0 Å². The largest absolute Gasteiger partial charge is 0.493 e. The first kappa shape index (κ1) is 14.5. The number of carbonyl (C=O) groups excluding carboxylic acids is 1. The van der Waals surface area contributed by atoms with Crippen LogP contribution in [0.25, 0.3) is 0 Å². The first-order chi connectivity index (χ1) is 11.7. The molecule has 4 atom stereocenters. The van der Waals surface area contributed by atoms with Gasteiger partial charge in [-0.05, 0) is 43.4 Å². The van der Waals surface area contributed by atoms with E-state index in [4.69, 9.17) is 9.47 Å². The van der Waals surface area contributed by atoms with E-state index in [9.17, 15) is 4.79 Å². The lowest BCUT2D eigenvalue weighted by molar-refractivity contribution is -0.138. The van der Waals surface area contributed by atoms with Gasteiger partial charge in [-0.3, -0.25) is 9.69 Å². The highest BCUT2D eigenvalue weighted by Crippen LogP contribution is 2.63. The highest BCUT2D eigenvalue weighted by atomic mass is 16.5. The molecule has 24 heavy (non-hydrogen) atoms. The second-order valence-corrected chi connectivity index (χ2v) is 7.59. The molecule has 1 spiro atoms. The molecule has 2 unspecified atom stereocenters. The molecule has 4 heteroatoms. The number of methoxy groups -OCH3 is 1. The maximum Gasteiger partial charge on any atom is 0.174 e. The molecule has 1 aromatic rings. The molecule has 1 aromatic carbocycles. The van der Waals surface area contributed by atoms with Crippen molar-refractivity contribution in [3.8, 4) is 11.5 Å². The normalized spacial score (nSPS) is 36.0. The van der Waals surface area contributed by atoms with Gasteiger partial charge in [0.1, 0.15) is 0 Å². The fourth-order valence-electron chi connectivity index (χ4n) is 5.95. The van der Waals surface area contributed by atoms with E-state index in [1.165, 1.54) is 11.1 Å². The van der Waals surface area contributed by atoms with E-state index in [2.05, 4.69) is 17.5 Å². The van der Waals surface area contributed by atoms with E-state index in [1.54, 1.807) is 7.11 Å². The van der Waals surface area contributed by atoms with E-state index in [1.807, 2.05) is 12.1 Å². The molecule has 0 aromatic heterocycles. The van der Waals surface area contributed by atoms with Crippen LogP contribution in [0.5, 0.6) is 11.5 Å². The minimum absolute atomic E-state index is 0.130. The number of likely N-dealkylation sites (tertiary alicyclic amines) is 1. The van der Waals surface area contributed by atoms with Gasteiger partial charge in [-0.1, -0.05) is 12.1 Å². The number of ketones is 1.